The average molecular weight is 234 g/mol. The number of nitrogens with one attached hydrogen (secondary N) is 1. The Bertz CT molecular complexity index is 484. The Morgan fingerprint density at radius 3 is 2.59 bits per heavy atom. The number of carbonyl (C=O) groups excluding carboxylic acids is 1. The fraction of sp³-hybridized carbons (Fsp3) is 0.538. The van der Waals surface area contributed by atoms with Crippen LogP contribution in [0.25, 0.3) is 0 Å². The molecule has 0 spiro atoms. The van der Waals surface area contributed by atoms with E-state index in [9.17, 15) is 9.59 Å². The van der Waals surface area contributed by atoms with Crippen LogP contribution in [0.4, 0.5) is 5.69 Å². The van der Waals surface area contributed by atoms with Crippen LogP contribution in [0, 0.1) is 5.41 Å². The van der Waals surface area contributed by atoms with E-state index in [1.807, 2.05) is 6.92 Å². The van der Waals surface area contributed by atoms with Gasteiger partial charge in [0.1, 0.15) is 0 Å². The lowest BCUT2D eigenvalue weighted by atomic mass is 9.88. The quantitative estimate of drug-likeness (QED) is 0.849. The zero-order chi connectivity index (χ0) is 12.5. The van der Waals surface area contributed by atoms with E-state index in [0.717, 1.165) is 25.7 Å². The van der Waals surface area contributed by atoms with Gasteiger partial charge in [-0.05, 0) is 18.9 Å². The molecule has 1 amide bonds. The van der Waals surface area contributed by atoms with Crippen LogP contribution in [0.15, 0.2) is 23.1 Å². The molecule has 0 atom stereocenters. The van der Waals surface area contributed by atoms with E-state index >= 15 is 0 Å². The first-order valence-electron chi connectivity index (χ1n) is 5.99. The number of rotatable bonds is 2. The first-order chi connectivity index (χ1) is 8.01. The Morgan fingerprint density at radius 2 is 2.00 bits per heavy atom. The van der Waals surface area contributed by atoms with Gasteiger partial charge in [-0.1, -0.05) is 19.8 Å². The molecule has 1 saturated carbocycles. The summed E-state index contributed by atoms with van der Waals surface area (Å²) in [6.07, 6.45) is 5.79. The van der Waals surface area contributed by atoms with E-state index in [1.165, 1.54) is 10.6 Å². The topological polar surface area (TPSA) is 51.1 Å². The number of aromatic nitrogens is 1. The molecule has 1 aromatic heterocycles. The molecule has 1 N–H and O–H groups in total. The largest absolute Gasteiger partial charge is 0.324 e. The lowest BCUT2D eigenvalue weighted by Crippen LogP contribution is -2.31. The van der Waals surface area contributed by atoms with Crippen molar-refractivity contribution in [3.63, 3.8) is 0 Å². The lowest BCUT2D eigenvalue weighted by Gasteiger charge is -2.22. The van der Waals surface area contributed by atoms with Gasteiger partial charge in [-0.15, -0.1) is 0 Å². The van der Waals surface area contributed by atoms with Crippen LogP contribution in [0.2, 0.25) is 0 Å². The number of carbonyl (C=O) groups is 1. The molecule has 17 heavy (non-hydrogen) atoms. The molecule has 1 aliphatic carbocycles. The van der Waals surface area contributed by atoms with Gasteiger partial charge in [0.05, 0.1) is 5.69 Å². The van der Waals surface area contributed by atoms with Crippen molar-refractivity contribution in [2.24, 2.45) is 12.5 Å². The molecule has 0 saturated heterocycles. The molecule has 0 aliphatic heterocycles. The van der Waals surface area contributed by atoms with Gasteiger partial charge >= 0.3 is 0 Å². The minimum absolute atomic E-state index is 0.0636. The Balaban J connectivity index is 2.13. The van der Waals surface area contributed by atoms with Crippen LogP contribution in [0.3, 0.4) is 0 Å². The third-order valence-electron chi connectivity index (χ3n) is 3.60. The van der Waals surface area contributed by atoms with Crippen LogP contribution in [0.5, 0.6) is 0 Å². The third-order valence-corrected chi connectivity index (χ3v) is 3.60. The minimum atomic E-state index is -0.241. The summed E-state index contributed by atoms with van der Waals surface area (Å²) in [6.45, 7) is 2.01. The second-order valence-corrected chi connectivity index (χ2v) is 5.09. The summed E-state index contributed by atoms with van der Waals surface area (Å²) >= 11 is 0. The maximum absolute atomic E-state index is 12.1. The SMILES string of the molecule is Cn1cc(NC(=O)C2(C)CCCC2)ccc1=O. The molecule has 1 aliphatic rings. The van der Waals surface area contributed by atoms with Gasteiger partial charge in [0.15, 0.2) is 0 Å². The second-order valence-electron chi connectivity index (χ2n) is 5.09. The van der Waals surface area contributed by atoms with Gasteiger partial charge in [0.25, 0.3) is 0 Å². The molecular weight excluding hydrogens is 216 g/mol. The smallest absolute Gasteiger partial charge is 0.250 e. The van der Waals surface area contributed by atoms with Crippen LogP contribution in [-0.4, -0.2) is 10.5 Å². The predicted octanol–water partition coefficient (Wildman–Crippen LogP) is 1.90. The molecule has 1 fully saturated rings. The van der Waals surface area contributed by atoms with Gasteiger partial charge in [-0.3, -0.25) is 9.59 Å². The number of anilines is 1. The van der Waals surface area contributed by atoms with Gasteiger partial charge in [-0.25, -0.2) is 0 Å². The van der Waals surface area contributed by atoms with Crippen molar-refractivity contribution in [3.8, 4) is 0 Å². The van der Waals surface area contributed by atoms with Crippen molar-refractivity contribution < 1.29 is 4.79 Å². The van der Waals surface area contributed by atoms with Crippen molar-refractivity contribution in [3.05, 3.63) is 28.7 Å². The number of hydrogen-bond acceptors (Lipinski definition) is 2. The predicted molar refractivity (Wildman–Crippen MR) is 66.9 cm³/mol. The third kappa shape index (κ3) is 2.40. The van der Waals surface area contributed by atoms with E-state index in [0.29, 0.717) is 5.69 Å². The van der Waals surface area contributed by atoms with Gasteiger partial charge in [0.2, 0.25) is 11.5 Å². The van der Waals surface area contributed by atoms with Crippen molar-refractivity contribution in [1.29, 1.82) is 0 Å². The molecule has 0 radical (unpaired) electrons. The van der Waals surface area contributed by atoms with E-state index in [-0.39, 0.29) is 16.9 Å². The molecule has 1 aromatic rings. The Labute approximate surface area is 101 Å². The molecule has 0 bridgehead atoms. The van der Waals surface area contributed by atoms with Crippen molar-refractivity contribution >= 4 is 11.6 Å². The highest BCUT2D eigenvalue weighted by Crippen LogP contribution is 2.38. The van der Waals surface area contributed by atoms with Gasteiger partial charge in [-0.2, -0.15) is 0 Å². The molecule has 4 nitrogen and oxygen atoms in total. The van der Waals surface area contributed by atoms with E-state index < -0.39 is 0 Å². The summed E-state index contributed by atoms with van der Waals surface area (Å²) in [4.78, 5) is 23.4. The highest BCUT2D eigenvalue weighted by molar-refractivity contribution is 5.95. The highest BCUT2D eigenvalue weighted by Gasteiger charge is 2.36. The molecular formula is C13H18N2O2. The standard InChI is InChI=1S/C13H18N2O2/c1-13(7-3-4-8-13)12(17)14-10-5-6-11(16)15(2)9-10/h5-6,9H,3-4,7-8H2,1-2H3,(H,14,17). The molecule has 92 valence electrons. The highest BCUT2D eigenvalue weighted by atomic mass is 16.2. The molecule has 0 unspecified atom stereocenters. The lowest BCUT2D eigenvalue weighted by molar-refractivity contribution is -0.124. The Hall–Kier alpha value is -1.58. The zero-order valence-electron chi connectivity index (χ0n) is 10.3. The number of pyridine rings is 1. The summed E-state index contributed by atoms with van der Waals surface area (Å²) in [5.74, 6) is 0.0636. The maximum atomic E-state index is 12.1. The monoisotopic (exact) mass is 234 g/mol. The average Bonchev–Trinajstić information content (AvgIpc) is 2.72. The zero-order valence-corrected chi connectivity index (χ0v) is 10.3. The molecule has 2 rings (SSSR count). The summed E-state index contributed by atoms with van der Waals surface area (Å²) in [5.41, 5.74) is 0.370. The fourth-order valence-electron chi connectivity index (χ4n) is 2.33. The number of aryl methyl sites for hydroxylation is 1. The van der Waals surface area contributed by atoms with Crippen molar-refractivity contribution in [1.82, 2.24) is 4.57 Å². The van der Waals surface area contributed by atoms with Crippen LogP contribution < -0.4 is 10.9 Å². The summed E-state index contributed by atoms with van der Waals surface area (Å²) in [6, 6.07) is 3.12. The van der Waals surface area contributed by atoms with Gasteiger partial charge in [0, 0.05) is 24.7 Å². The Morgan fingerprint density at radius 1 is 1.35 bits per heavy atom. The molecule has 1 heterocycles. The first kappa shape index (κ1) is 11.9. The number of hydrogen-bond donors (Lipinski definition) is 1. The summed E-state index contributed by atoms with van der Waals surface area (Å²) in [7, 11) is 1.68. The van der Waals surface area contributed by atoms with E-state index in [2.05, 4.69) is 5.32 Å². The van der Waals surface area contributed by atoms with Crippen LogP contribution >= 0.6 is 0 Å². The summed E-state index contributed by atoms with van der Waals surface area (Å²) in [5, 5.41) is 2.89. The summed E-state index contributed by atoms with van der Waals surface area (Å²) < 4.78 is 1.46. The van der Waals surface area contributed by atoms with E-state index in [4.69, 9.17) is 0 Å². The van der Waals surface area contributed by atoms with Crippen LogP contribution in [-0.2, 0) is 11.8 Å². The van der Waals surface area contributed by atoms with Crippen molar-refractivity contribution in [2.45, 2.75) is 32.6 Å². The fourth-order valence-corrected chi connectivity index (χ4v) is 2.33. The first-order valence-corrected chi connectivity index (χ1v) is 5.99. The van der Waals surface area contributed by atoms with Crippen molar-refractivity contribution in [2.75, 3.05) is 5.32 Å². The van der Waals surface area contributed by atoms with E-state index in [1.54, 1.807) is 19.3 Å². The van der Waals surface area contributed by atoms with Crippen LogP contribution in [0.1, 0.15) is 32.6 Å². The number of nitrogens with zero attached hydrogens (tertiary/aromatic N) is 1. The minimum Gasteiger partial charge on any atom is -0.324 e. The maximum Gasteiger partial charge on any atom is 0.250 e. The second kappa shape index (κ2) is 4.35. The molecule has 4 heteroatoms. The normalized spacial score (nSPS) is 18.0. The number of amides is 1. The molecule has 0 aromatic carbocycles. The Kier molecular flexibility index (Phi) is 3.05. The van der Waals surface area contributed by atoms with Gasteiger partial charge < -0.3 is 9.88 Å².